The predicted molar refractivity (Wildman–Crippen MR) is 65.2 cm³/mol. The van der Waals surface area contributed by atoms with Gasteiger partial charge in [0.2, 0.25) is 0 Å². The molecular weight excluding hydrogens is 216 g/mol. The number of aromatic amines is 1. The minimum absolute atomic E-state index is 0.340. The molecule has 0 saturated heterocycles. The Balaban J connectivity index is 2.57. The van der Waals surface area contributed by atoms with Crippen molar-refractivity contribution in [2.45, 2.75) is 13.8 Å². The summed E-state index contributed by atoms with van der Waals surface area (Å²) in [7, 11) is 0. The lowest BCUT2D eigenvalue weighted by Crippen LogP contribution is -2.30. The van der Waals surface area contributed by atoms with E-state index in [0.717, 1.165) is 11.1 Å². The normalized spacial score (nSPS) is 10.3. The number of hydrazine groups is 1. The smallest absolute Gasteiger partial charge is 0.269 e. The van der Waals surface area contributed by atoms with Crippen molar-refractivity contribution >= 4 is 5.91 Å². The fraction of sp³-hybridized carbons (Fsp3) is 0.167. The van der Waals surface area contributed by atoms with E-state index in [1.807, 2.05) is 31.2 Å². The summed E-state index contributed by atoms with van der Waals surface area (Å²) in [6, 6.07) is 7.81. The lowest BCUT2D eigenvalue weighted by molar-refractivity contribution is 0.0954. The molecule has 5 nitrogen and oxygen atoms in total. The molecule has 17 heavy (non-hydrogen) atoms. The monoisotopic (exact) mass is 230 g/mol. The second-order valence-electron chi connectivity index (χ2n) is 3.92. The number of hydrogen-bond acceptors (Lipinski definition) is 3. The Morgan fingerprint density at radius 3 is 2.82 bits per heavy atom. The first-order chi connectivity index (χ1) is 8.13. The van der Waals surface area contributed by atoms with Gasteiger partial charge in [-0.3, -0.25) is 15.3 Å². The largest absolute Gasteiger partial charge is 0.290 e. The van der Waals surface area contributed by atoms with Crippen molar-refractivity contribution in [1.29, 1.82) is 0 Å². The number of nitrogens with zero attached hydrogens (tertiary/aromatic N) is 1. The second-order valence-corrected chi connectivity index (χ2v) is 3.92. The van der Waals surface area contributed by atoms with E-state index in [4.69, 9.17) is 5.84 Å². The van der Waals surface area contributed by atoms with E-state index >= 15 is 0 Å². The summed E-state index contributed by atoms with van der Waals surface area (Å²) in [5, 5.41) is 6.96. The molecule has 88 valence electrons. The molecule has 0 atom stereocenters. The Bertz CT molecular complexity index is 559. The maximum Gasteiger partial charge on any atom is 0.269 e. The third-order valence-electron chi connectivity index (χ3n) is 2.60. The Kier molecular flexibility index (Phi) is 2.93. The Morgan fingerprint density at radius 2 is 2.18 bits per heavy atom. The number of aryl methyl sites for hydroxylation is 2. The van der Waals surface area contributed by atoms with E-state index in [-0.39, 0.29) is 5.91 Å². The van der Waals surface area contributed by atoms with E-state index in [9.17, 15) is 4.79 Å². The molecule has 2 rings (SSSR count). The van der Waals surface area contributed by atoms with Crippen LogP contribution in [-0.2, 0) is 0 Å². The van der Waals surface area contributed by atoms with Gasteiger partial charge in [0.25, 0.3) is 5.91 Å². The molecule has 1 aromatic carbocycles. The molecule has 0 aliphatic carbocycles. The third-order valence-corrected chi connectivity index (χ3v) is 2.60. The topological polar surface area (TPSA) is 83.8 Å². The average Bonchev–Trinajstić information content (AvgIpc) is 2.70. The van der Waals surface area contributed by atoms with Crippen LogP contribution >= 0.6 is 0 Å². The van der Waals surface area contributed by atoms with Crippen LogP contribution < -0.4 is 11.3 Å². The zero-order valence-electron chi connectivity index (χ0n) is 9.74. The highest BCUT2D eigenvalue weighted by atomic mass is 16.2. The number of rotatable bonds is 2. The summed E-state index contributed by atoms with van der Waals surface area (Å²) in [6.45, 7) is 3.78. The molecule has 1 aromatic heterocycles. The molecule has 0 bridgehead atoms. The number of aromatic nitrogens is 2. The fourth-order valence-electron chi connectivity index (χ4n) is 1.78. The number of nitrogen functional groups attached to an aromatic ring is 1. The van der Waals surface area contributed by atoms with Gasteiger partial charge in [0.05, 0.1) is 5.56 Å². The lowest BCUT2D eigenvalue weighted by atomic mass is 10.0. The van der Waals surface area contributed by atoms with E-state index in [1.165, 1.54) is 0 Å². The highest BCUT2D eigenvalue weighted by Gasteiger charge is 2.18. The average molecular weight is 230 g/mol. The third kappa shape index (κ3) is 2.05. The van der Waals surface area contributed by atoms with Crippen molar-refractivity contribution < 1.29 is 4.79 Å². The summed E-state index contributed by atoms with van der Waals surface area (Å²) in [5.74, 6) is 4.83. The number of carbonyl (C=O) groups is 1. The van der Waals surface area contributed by atoms with Crippen LogP contribution in [0.3, 0.4) is 0 Å². The summed E-state index contributed by atoms with van der Waals surface area (Å²) in [4.78, 5) is 11.7. The van der Waals surface area contributed by atoms with Gasteiger partial charge in [-0.2, -0.15) is 5.10 Å². The molecule has 2 aromatic rings. The van der Waals surface area contributed by atoms with Gasteiger partial charge in [0.1, 0.15) is 5.69 Å². The van der Waals surface area contributed by atoms with Gasteiger partial charge in [0, 0.05) is 11.3 Å². The Hall–Kier alpha value is -2.14. The molecule has 0 radical (unpaired) electrons. The fourth-order valence-corrected chi connectivity index (χ4v) is 1.78. The Labute approximate surface area is 99.0 Å². The van der Waals surface area contributed by atoms with Crippen molar-refractivity contribution in [2.75, 3.05) is 0 Å². The lowest BCUT2D eigenvalue weighted by Gasteiger charge is -2.03. The number of hydrogen-bond donors (Lipinski definition) is 3. The predicted octanol–water partition coefficient (Wildman–Crippen LogP) is 1.30. The van der Waals surface area contributed by atoms with Crippen molar-refractivity contribution in [2.24, 2.45) is 5.84 Å². The van der Waals surface area contributed by atoms with Gasteiger partial charge in [0.15, 0.2) is 0 Å². The molecule has 0 fully saturated rings. The number of benzene rings is 1. The molecule has 0 aliphatic rings. The highest BCUT2D eigenvalue weighted by molar-refractivity contribution is 6.00. The van der Waals surface area contributed by atoms with Crippen LogP contribution in [-0.4, -0.2) is 16.1 Å². The van der Waals surface area contributed by atoms with E-state index in [0.29, 0.717) is 17.0 Å². The molecule has 0 unspecified atom stereocenters. The summed E-state index contributed by atoms with van der Waals surface area (Å²) >= 11 is 0. The number of H-pyrrole nitrogens is 1. The zero-order chi connectivity index (χ0) is 12.4. The zero-order valence-corrected chi connectivity index (χ0v) is 9.74. The molecule has 1 amide bonds. The van der Waals surface area contributed by atoms with Crippen molar-refractivity contribution in [3.63, 3.8) is 0 Å². The number of nitrogens with two attached hydrogens (primary N) is 1. The first kappa shape index (κ1) is 11.3. The van der Waals surface area contributed by atoms with E-state index in [1.54, 1.807) is 6.92 Å². The number of amides is 1. The maximum absolute atomic E-state index is 11.7. The van der Waals surface area contributed by atoms with Crippen LogP contribution in [0.5, 0.6) is 0 Å². The minimum atomic E-state index is -0.340. The molecule has 0 aliphatic heterocycles. The molecule has 4 N–H and O–H groups in total. The Morgan fingerprint density at radius 1 is 1.41 bits per heavy atom. The molecule has 5 heteroatoms. The van der Waals surface area contributed by atoms with Gasteiger partial charge >= 0.3 is 0 Å². The van der Waals surface area contributed by atoms with Crippen LogP contribution in [0.4, 0.5) is 0 Å². The molecule has 0 saturated carbocycles. The second kappa shape index (κ2) is 4.39. The van der Waals surface area contributed by atoms with E-state index in [2.05, 4.69) is 15.6 Å². The van der Waals surface area contributed by atoms with E-state index < -0.39 is 0 Å². The standard InChI is InChI=1S/C12H14N4O/c1-7-4-3-5-9(6-7)11-10(12(17)14-13)8(2)15-16-11/h3-6H,13H2,1-2H3,(H,14,17)(H,15,16). The van der Waals surface area contributed by atoms with Gasteiger partial charge in [-0.15, -0.1) is 0 Å². The summed E-state index contributed by atoms with van der Waals surface area (Å²) in [5.41, 5.74) is 5.95. The van der Waals surface area contributed by atoms with Crippen LogP contribution in [0.1, 0.15) is 21.6 Å². The first-order valence-corrected chi connectivity index (χ1v) is 5.26. The maximum atomic E-state index is 11.7. The van der Waals surface area contributed by atoms with Crippen molar-refractivity contribution in [3.8, 4) is 11.3 Å². The van der Waals surface area contributed by atoms with Crippen LogP contribution in [0, 0.1) is 13.8 Å². The minimum Gasteiger partial charge on any atom is -0.290 e. The van der Waals surface area contributed by atoms with Crippen LogP contribution in [0.2, 0.25) is 0 Å². The summed E-state index contributed by atoms with van der Waals surface area (Å²) < 4.78 is 0. The van der Waals surface area contributed by atoms with Crippen LogP contribution in [0.15, 0.2) is 24.3 Å². The quantitative estimate of drug-likeness (QED) is 0.413. The van der Waals surface area contributed by atoms with Crippen LogP contribution in [0.25, 0.3) is 11.3 Å². The summed E-state index contributed by atoms with van der Waals surface area (Å²) in [6.07, 6.45) is 0. The van der Waals surface area contributed by atoms with Gasteiger partial charge in [-0.05, 0) is 19.9 Å². The van der Waals surface area contributed by atoms with Gasteiger partial charge in [-0.1, -0.05) is 23.8 Å². The molecular formula is C12H14N4O. The SMILES string of the molecule is Cc1cccc(-c2n[nH]c(C)c2C(=O)NN)c1. The first-order valence-electron chi connectivity index (χ1n) is 5.26. The van der Waals surface area contributed by atoms with Crippen molar-refractivity contribution in [1.82, 2.24) is 15.6 Å². The molecule has 1 heterocycles. The van der Waals surface area contributed by atoms with Gasteiger partial charge in [-0.25, -0.2) is 5.84 Å². The molecule has 0 spiro atoms. The van der Waals surface area contributed by atoms with Crippen molar-refractivity contribution in [3.05, 3.63) is 41.1 Å². The van der Waals surface area contributed by atoms with Gasteiger partial charge < -0.3 is 0 Å². The number of carbonyl (C=O) groups excluding carboxylic acids is 1. The highest BCUT2D eigenvalue weighted by Crippen LogP contribution is 2.24. The number of nitrogens with one attached hydrogen (secondary N) is 2.